The molecule has 1 atom stereocenters. The average molecular weight is 260 g/mol. The van der Waals surface area contributed by atoms with Gasteiger partial charge in [0.15, 0.2) is 0 Å². The van der Waals surface area contributed by atoms with Gasteiger partial charge in [-0.2, -0.15) is 5.26 Å². The Bertz CT molecular complexity index is 423. The lowest BCUT2D eigenvalue weighted by Crippen LogP contribution is -2.25. The number of nitrogens with one attached hydrogen (secondary N) is 1. The second-order valence-corrected chi connectivity index (χ2v) is 4.92. The first-order chi connectivity index (χ1) is 9.21. The van der Waals surface area contributed by atoms with E-state index in [1.165, 1.54) is 25.7 Å². The molecule has 1 aromatic carbocycles. The molecule has 1 rings (SSSR count). The van der Waals surface area contributed by atoms with Crippen molar-refractivity contribution >= 4 is 0 Å². The minimum Gasteiger partial charge on any atom is -0.495 e. The Balaban J connectivity index is 2.47. The summed E-state index contributed by atoms with van der Waals surface area (Å²) in [6.45, 7) is 5.26. The maximum atomic E-state index is 8.93. The van der Waals surface area contributed by atoms with E-state index in [0.29, 0.717) is 17.4 Å². The molecule has 3 nitrogen and oxygen atoms in total. The van der Waals surface area contributed by atoms with Crippen LogP contribution in [-0.4, -0.2) is 13.2 Å². The van der Waals surface area contributed by atoms with Gasteiger partial charge in [-0.3, -0.25) is 0 Å². The highest BCUT2D eigenvalue weighted by molar-refractivity contribution is 5.45. The third kappa shape index (κ3) is 5.32. The van der Waals surface area contributed by atoms with Crippen molar-refractivity contribution in [3.8, 4) is 11.8 Å². The maximum Gasteiger partial charge on any atom is 0.136 e. The molecule has 0 saturated heterocycles. The van der Waals surface area contributed by atoms with E-state index in [-0.39, 0.29) is 0 Å². The number of unbranched alkanes of at least 4 members (excludes halogenated alkanes) is 2. The fraction of sp³-hybridized carbons (Fsp3) is 0.562. The molecule has 104 valence electrons. The van der Waals surface area contributed by atoms with Gasteiger partial charge < -0.3 is 10.1 Å². The lowest BCUT2D eigenvalue weighted by Gasteiger charge is -2.14. The van der Waals surface area contributed by atoms with Crippen molar-refractivity contribution in [2.45, 2.75) is 52.1 Å². The molecule has 0 radical (unpaired) electrons. The third-order valence-corrected chi connectivity index (χ3v) is 3.28. The SMILES string of the molecule is CCCCCC(C)NCc1ccc(C#N)c(OC)c1. The summed E-state index contributed by atoms with van der Waals surface area (Å²) in [6, 6.07) is 8.38. The first-order valence-electron chi connectivity index (χ1n) is 7.01. The van der Waals surface area contributed by atoms with Crippen LogP contribution in [0.5, 0.6) is 5.75 Å². The van der Waals surface area contributed by atoms with E-state index in [2.05, 4.69) is 25.2 Å². The maximum absolute atomic E-state index is 8.93. The summed E-state index contributed by atoms with van der Waals surface area (Å²) in [5, 5.41) is 12.4. The zero-order chi connectivity index (χ0) is 14.1. The van der Waals surface area contributed by atoms with Gasteiger partial charge in [-0.05, 0) is 31.0 Å². The Morgan fingerprint density at radius 2 is 2.16 bits per heavy atom. The van der Waals surface area contributed by atoms with Gasteiger partial charge in [0.1, 0.15) is 11.8 Å². The van der Waals surface area contributed by atoms with Crippen molar-refractivity contribution in [3.05, 3.63) is 29.3 Å². The minimum absolute atomic E-state index is 0.521. The molecule has 0 fully saturated rings. The molecule has 0 aliphatic carbocycles. The molecule has 0 amide bonds. The molecule has 1 unspecified atom stereocenters. The molecule has 0 aromatic heterocycles. The Morgan fingerprint density at radius 1 is 1.37 bits per heavy atom. The lowest BCUT2D eigenvalue weighted by atomic mass is 10.1. The van der Waals surface area contributed by atoms with Gasteiger partial charge >= 0.3 is 0 Å². The van der Waals surface area contributed by atoms with Gasteiger partial charge in [-0.25, -0.2) is 0 Å². The van der Waals surface area contributed by atoms with Crippen molar-refractivity contribution in [2.75, 3.05) is 7.11 Å². The highest BCUT2D eigenvalue weighted by Crippen LogP contribution is 2.19. The summed E-state index contributed by atoms with van der Waals surface area (Å²) in [6.07, 6.45) is 5.05. The summed E-state index contributed by atoms with van der Waals surface area (Å²) in [5.74, 6) is 0.653. The van der Waals surface area contributed by atoms with Crippen LogP contribution >= 0.6 is 0 Å². The predicted molar refractivity (Wildman–Crippen MR) is 78.2 cm³/mol. The zero-order valence-corrected chi connectivity index (χ0v) is 12.2. The van der Waals surface area contributed by atoms with Gasteiger partial charge in [0.2, 0.25) is 0 Å². The third-order valence-electron chi connectivity index (χ3n) is 3.28. The molecule has 19 heavy (non-hydrogen) atoms. The fourth-order valence-corrected chi connectivity index (χ4v) is 2.03. The molecule has 0 aliphatic rings. The highest BCUT2D eigenvalue weighted by Gasteiger charge is 2.05. The van der Waals surface area contributed by atoms with Crippen molar-refractivity contribution in [1.82, 2.24) is 5.32 Å². The number of rotatable bonds is 8. The van der Waals surface area contributed by atoms with Crippen LogP contribution in [0.25, 0.3) is 0 Å². The van der Waals surface area contributed by atoms with E-state index >= 15 is 0 Å². The number of nitriles is 1. The Labute approximate surface area is 116 Å². The van der Waals surface area contributed by atoms with Crippen LogP contribution in [0.4, 0.5) is 0 Å². The topological polar surface area (TPSA) is 45.0 Å². The van der Waals surface area contributed by atoms with Crippen molar-refractivity contribution in [2.24, 2.45) is 0 Å². The summed E-state index contributed by atoms with van der Waals surface area (Å²) >= 11 is 0. The molecule has 1 N–H and O–H groups in total. The predicted octanol–water partition coefficient (Wildman–Crippen LogP) is 3.63. The quantitative estimate of drug-likeness (QED) is 0.726. The van der Waals surface area contributed by atoms with Gasteiger partial charge in [0.25, 0.3) is 0 Å². The Kier molecular flexibility index (Phi) is 6.99. The molecule has 0 aliphatic heterocycles. The standard InChI is InChI=1S/C16H24N2O/c1-4-5-6-7-13(2)18-12-14-8-9-15(11-17)16(10-14)19-3/h8-10,13,18H,4-7,12H2,1-3H3. The summed E-state index contributed by atoms with van der Waals surface area (Å²) in [4.78, 5) is 0. The van der Waals surface area contributed by atoms with Crippen molar-refractivity contribution < 1.29 is 4.74 Å². The van der Waals surface area contributed by atoms with Crippen LogP contribution < -0.4 is 10.1 Å². The van der Waals surface area contributed by atoms with Crippen LogP contribution in [-0.2, 0) is 6.54 Å². The normalized spacial score (nSPS) is 11.9. The zero-order valence-electron chi connectivity index (χ0n) is 12.2. The average Bonchev–Trinajstić information content (AvgIpc) is 2.45. The van der Waals surface area contributed by atoms with Crippen LogP contribution in [0.2, 0.25) is 0 Å². The number of hydrogen-bond donors (Lipinski definition) is 1. The van der Waals surface area contributed by atoms with Gasteiger partial charge in [0, 0.05) is 12.6 Å². The number of nitrogens with zero attached hydrogens (tertiary/aromatic N) is 1. The van der Waals surface area contributed by atoms with E-state index < -0.39 is 0 Å². The fourth-order valence-electron chi connectivity index (χ4n) is 2.03. The first-order valence-corrected chi connectivity index (χ1v) is 7.01. The molecule has 0 bridgehead atoms. The lowest BCUT2D eigenvalue weighted by molar-refractivity contribution is 0.412. The Morgan fingerprint density at radius 3 is 2.79 bits per heavy atom. The molecule has 3 heteroatoms. The largest absolute Gasteiger partial charge is 0.495 e. The second kappa shape index (κ2) is 8.55. The van der Waals surface area contributed by atoms with Crippen LogP contribution in [0.1, 0.15) is 50.7 Å². The second-order valence-electron chi connectivity index (χ2n) is 4.92. The minimum atomic E-state index is 0.521. The molecular formula is C16H24N2O. The number of ether oxygens (including phenoxy) is 1. The van der Waals surface area contributed by atoms with E-state index in [1.807, 2.05) is 18.2 Å². The van der Waals surface area contributed by atoms with Crippen molar-refractivity contribution in [1.29, 1.82) is 5.26 Å². The summed E-state index contributed by atoms with van der Waals surface area (Å²) in [7, 11) is 1.60. The van der Waals surface area contributed by atoms with Gasteiger partial charge in [0.05, 0.1) is 12.7 Å². The highest BCUT2D eigenvalue weighted by atomic mass is 16.5. The molecular weight excluding hydrogens is 236 g/mol. The molecule has 0 heterocycles. The monoisotopic (exact) mass is 260 g/mol. The summed E-state index contributed by atoms with van der Waals surface area (Å²) < 4.78 is 5.21. The molecule has 1 aromatic rings. The van der Waals surface area contributed by atoms with Crippen LogP contribution in [0, 0.1) is 11.3 Å². The van der Waals surface area contributed by atoms with Gasteiger partial charge in [-0.1, -0.05) is 32.3 Å². The first kappa shape index (κ1) is 15.5. The molecule has 0 saturated carbocycles. The van der Waals surface area contributed by atoms with Crippen LogP contribution in [0.15, 0.2) is 18.2 Å². The van der Waals surface area contributed by atoms with E-state index in [9.17, 15) is 0 Å². The Hall–Kier alpha value is -1.53. The van der Waals surface area contributed by atoms with E-state index in [4.69, 9.17) is 10.00 Å². The van der Waals surface area contributed by atoms with Crippen molar-refractivity contribution in [3.63, 3.8) is 0 Å². The van der Waals surface area contributed by atoms with E-state index in [1.54, 1.807) is 7.11 Å². The number of hydrogen-bond acceptors (Lipinski definition) is 3. The van der Waals surface area contributed by atoms with E-state index in [0.717, 1.165) is 12.1 Å². The summed E-state index contributed by atoms with van der Waals surface area (Å²) in [5.41, 5.74) is 1.74. The smallest absolute Gasteiger partial charge is 0.136 e. The number of methoxy groups -OCH3 is 1. The number of benzene rings is 1. The van der Waals surface area contributed by atoms with Crippen LogP contribution in [0.3, 0.4) is 0 Å². The molecule has 0 spiro atoms. The van der Waals surface area contributed by atoms with Gasteiger partial charge in [-0.15, -0.1) is 0 Å².